The van der Waals surface area contributed by atoms with Crippen molar-refractivity contribution in [3.05, 3.63) is 17.2 Å². The molecule has 1 aromatic carbocycles. The highest BCUT2D eigenvalue weighted by Crippen LogP contribution is 2.40. The molecule has 3 heterocycles. The first-order chi connectivity index (χ1) is 11.4. The van der Waals surface area contributed by atoms with Gasteiger partial charge in [-0.15, -0.1) is 0 Å². The molecule has 2 saturated heterocycles. The second-order valence-electron chi connectivity index (χ2n) is 7.05. The lowest BCUT2D eigenvalue weighted by molar-refractivity contribution is 0.105. The van der Waals surface area contributed by atoms with Crippen molar-refractivity contribution < 1.29 is 17.8 Å². The number of piperidine rings is 1. The second kappa shape index (κ2) is 5.50. The van der Waals surface area contributed by atoms with Crippen molar-refractivity contribution in [1.29, 1.82) is 0 Å². The van der Waals surface area contributed by atoms with Crippen LogP contribution in [0.15, 0.2) is 15.6 Å². The van der Waals surface area contributed by atoms with Gasteiger partial charge in [-0.05, 0) is 54.6 Å². The van der Waals surface area contributed by atoms with Crippen LogP contribution < -0.4 is 0 Å². The zero-order chi connectivity index (χ0) is 16.9. The molecule has 7 nitrogen and oxygen atoms in total. The van der Waals surface area contributed by atoms with Gasteiger partial charge in [0.25, 0.3) is 0 Å². The third kappa shape index (κ3) is 2.35. The molecule has 2 aromatic rings. The maximum absolute atomic E-state index is 13.3. The molecule has 2 aliphatic heterocycles. The number of aryl methyl sites for hydroxylation is 2. The summed E-state index contributed by atoms with van der Waals surface area (Å²) in [5, 5.41) is 7.73. The molecule has 1 spiro atoms. The number of hydrogen-bond donors (Lipinski definition) is 0. The van der Waals surface area contributed by atoms with Crippen molar-refractivity contribution in [3.63, 3.8) is 0 Å². The van der Waals surface area contributed by atoms with Gasteiger partial charge in [-0.2, -0.15) is 4.31 Å². The summed E-state index contributed by atoms with van der Waals surface area (Å²) in [6.07, 6.45) is 2.80. The Morgan fingerprint density at radius 3 is 2.71 bits per heavy atom. The number of sulfonamides is 1. The standard InChI is InChI=1S/C16H21N3O4S/c1-11-8-12(2)15(14-13(11)17-23-18-14)24(20,21)19-6-3-4-16(9-19)5-7-22-10-16/h8H,3-7,9-10H2,1-2H3/t16-/m0/s1. The van der Waals surface area contributed by atoms with Crippen molar-refractivity contribution in [2.75, 3.05) is 26.3 Å². The zero-order valence-electron chi connectivity index (χ0n) is 13.9. The van der Waals surface area contributed by atoms with Gasteiger partial charge >= 0.3 is 0 Å². The summed E-state index contributed by atoms with van der Waals surface area (Å²) >= 11 is 0. The van der Waals surface area contributed by atoms with Crippen LogP contribution >= 0.6 is 0 Å². The minimum Gasteiger partial charge on any atom is -0.381 e. The lowest BCUT2D eigenvalue weighted by Gasteiger charge is -2.38. The van der Waals surface area contributed by atoms with Gasteiger partial charge in [-0.1, -0.05) is 6.07 Å². The zero-order valence-corrected chi connectivity index (χ0v) is 14.7. The van der Waals surface area contributed by atoms with Crippen LogP contribution in [-0.2, 0) is 14.8 Å². The Balaban J connectivity index is 1.79. The van der Waals surface area contributed by atoms with Gasteiger partial charge in [0.15, 0.2) is 5.52 Å². The quantitative estimate of drug-likeness (QED) is 0.823. The Morgan fingerprint density at radius 1 is 1.17 bits per heavy atom. The minimum atomic E-state index is -3.65. The van der Waals surface area contributed by atoms with E-state index < -0.39 is 10.0 Å². The van der Waals surface area contributed by atoms with Crippen LogP contribution in [0.5, 0.6) is 0 Å². The average molecular weight is 351 g/mol. The van der Waals surface area contributed by atoms with Gasteiger partial charge in [0.1, 0.15) is 10.4 Å². The van der Waals surface area contributed by atoms with E-state index in [-0.39, 0.29) is 10.3 Å². The molecule has 2 fully saturated rings. The molecule has 4 rings (SSSR count). The van der Waals surface area contributed by atoms with Crippen LogP contribution in [0.25, 0.3) is 11.0 Å². The number of aromatic nitrogens is 2. The molecule has 1 aromatic heterocycles. The van der Waals surface area contributed by atoms with Crippen molar-refractivity contribution in [3.8, 4) is 0 Å². The van der Waals surface area contributed by atoms with Crippen LogP contribution in [0.4, 0.5) is 0 Å². The Hall–Kier alpha value is -1.51. The first-order valence-electron chi connectivity index (χ1n) is 8.23. The summed E-state index contributed by atoms with van der Waals surface area (Å²) < 4.78 is 38.6. The van der Waals surface area contributed by atoms with Crippen molar-refractivity contribution in [2.24, 2.45) is 5.41 Å². The highest BCUT2D eigenvalue weighted by Gasteiger charge is 2.43. The highest BCUT2D eigenvalue weighted by molar-refractivity contribution is 7.89. The molecule has 8 heteroatoms. The van der Waals surface area contributed by atoms with E-state index in [1.54, 1.807) is 11.2 Å². The summed E-state index contributed by atoms with van der Waals surface area (Å²) in [4.78, 5) is 0.223. The first kappa shape index (κ1) is 16.0. The number of ether oxygens (including phenoxy) is 1. The minimum absolute atomic E-state index is 0.0366. The maximum atomic E-state index is 13.3. The van der Waals surface area contributed by atoms with E-state index in [1.807, 2.05) is 13.0 Å². The van der Waals surface area contributed by atoms with Gasteiger partial charge in [-0.25, -0.2) is 13.0 Å². The molecule has 0 N–H and O–H groups in total. The number of fused-ring (bicyclic) bond motifs is 1. The largest absolute Gasteiger partial charge is 0.381 e. The van der Waals surface area contributed by atoms with E-state index in [2.05, 4.69) is 10.3 Å². The third-order valence-corrected chi connectivity index (χ3v) is 7.30. The highest BCUT2D eigenvalue weighted by atomic mass is 32.2. The first-order valence-corrected chi connectivity index (χ1v) is 9.67. The molecule has 0 amide bonds. The van der Waals surface area contributed by atoms with Crippen molar-refractivity contribution >= 4 is 21.1 Å². The number of benzene rings is 1. The Labute approximate surface area is 141 Å². The summed E-state index contributed by atoms with van der Waals surface area (Å²) in [6, 6.07) is 1.83. The fourth-order valence-electron chi connectivity index (χ4n) is 4.04. The van der Waals surface area contributed by atoms with Gasteiger partial charge in [0.05, 0.1) is 6.61 Å². The molecular weight excluding hydrogens is 330 g/mol. The monoisotopic (exact) mass is 351 g/mol. The Kier molecular flexibility index (Phi) is 3.67. The fraction of sp³-hybridized carbons (Fsp3) is 0.625. The summed E-state index contributed by atoms with van der Waals surface area (Å²) in [7, 11) is -3.65. The number of hydrogen-bond acceptors (Lipinski definition) is 6. The van der Waals surface area contributed by atoms with Crippen LogP contribution in [0.1, 0.15) is 30.4 Å². The van der Waals surface area contributed by atoms with E-state index in [0.717, 1.165) is 31.4 Å². The molecule has 0 bridgehead atoms. The van der Waals surface area contributed by atoms with Crippen LogP contribution in [0.2, 0.25) is 0 Å². The Bertz CT molecular complexity index is 884. The third-order valence-electron chi connectivity index (χ3n) is 5.28. The van der Waals surface area contributed by atoms with Gasteiger partial charge in [-0.3, -0.25) is 0 Å². The van der Waals surface area contributed by atoms with Gasteiger partial charge in [0.2, 0.25) is 10.0 Å². The molecular formula is C16H21N3O4S. The van der Waals surface area contributed by atoms with E-state index in [4.69, 9.17) is 9.37 Å². The predicted octanol–water partition coefficient (Wildman–Crippen LogP) is 2.03. The predicted molar refractivity (Wildman–Crippen MR) is 87.1 cm³/mol. The average Bonchev–Trinajstić information content (AvgIpc) is 3.17. The second-order valence-corrected chi connectivity index (χ2v) is 8.92. The van der Waals surface area contributed by atoms with Crippen LogP contribution in [0, 0.1) is 19.3 Å². The lowest BCUT2D eigenvalue weighted by atomic mass is 9.80. The summed E-state index contributed by atoms with van der Waals surface area (Å²) in [6.45, 7) is 6.08. The molecule has 0 radical (unpaired) electrons. The van der Waals surface area contributed by atoms with Crippen LogP contribution in [-0.4, -0.2) is 49.3 Å². The SMILES string of the molecule is Cc1cc(C)c2nonc2c1S(=O)(=O)N1CCC[C@]2(CCOC2)C1. The number of rotatable bonds is 2. The topological polar surface area (TPSA) is 85.5 Å². The van der Waals surface area contributed by atoms with Gasteiger partial charge in [0, 0.05) is 25.1 Å². The molecule has 0 unspecified atom stereocenters. The maximum Gasteiger partial charge on any atom is 0.245 e. The van der Waals surface area contributed by atoms with E-state index in [1.165, 1.54) is 0 Å². The van der Waals surface area contributed by atoms with E-state index >= 15 is 0 Å². The molecule has 1 atom stereocenters. The number of nitrogens with zero attached hydrogens (tertiary/aromatic N) is 3. The van der Waals surface area contributed by atoms with E-state index in [9.17, 15) is 8.42 Å². The molecule has 130 valence electrons. The summed E-state index contributed by atoms with van der Waals surface area (Å²) in [5.41, 5.74) is 2.34. The smallest absolute Gasteiger partial charge is 0.245 e. The lowest BCUT2D eigenvalue weighted by Crippen LogP contribution is -2.46. The van der Waals surface area contributed by atoms with Crippen molar-refractivity contribution in [2.45, 2.75) is 38.0 Å². The van der Waals surface area contributed by atoms with Gasteiger partial charge < -0.3 is 4.74 Å². The molecule has 2 aliphatic rings. The molecule has 24 heavy (non-hydrogen) atoms. The summed E-state index contributed by atoms with van der Waals surface area (Å²) in [5.74, 6) is 0. The van der Waals surface area contributed by atoms with Crippen LogP contribution in [0.3, 0.4) is 0 Å². The fourth-order valence-corrected chi connectivity index (χ4v) is 5.95. The molecule has 0 saturated carbocycles. The molecule has 0 aliphatic carbocycles. The normalized spacial score (nSPS) is 25.8. The Morgan fingerprint density at radius 2 is 1.96 bits per heavy atom. The van der Waals surface area contributed by atoms with E-state index in [0.29, 0.717) is 36.3 Å². The van der Waals surface area contributed by atoms with Crippen molar-refractivity contribution in [1.82, 2.24) is 14.6 Å².